The van der Waals surface area contributed by atoms with Gasteiger partial charge in [-0.25, -0.2) is 5.01 Å². The Morgan fingerprint density at radius 3 is 2.52 bits per heavy atom. The molecule has 0 spiro atoms. The van der Waals surface area contributed by atoms with Crippen LogP contribution in [0.25, 0.3) is 11.5 Å². The standard InChI is InChI=1S/C15H14N2O4/c1-8(18)17-13-12(7-16-17)15(21-9(2)19)11-6-4-3-5-10(11)14(13)20/h3-7,12-13,20H,1-2H3/t12-,13-/m1/s1. The van der Waals surface area contributed by atoms with E-state index in [-0.39, 0.29) is 11.7 Å². The number of amides is 1. The number of ether oxygens (including phenoxy) is 1. The Morgan fingerprint density at radius 2 is 1.90 bits per heavy atom. The summed E-state index contributed by atoms with van der Waals surface area (Å²) in [6.07, 6.45) is 1.52. The van der Waals surface area contributed by atoms with Crippen molar-refractivity contribution in [2.75, 3.05) is 0 Å². The molecule has 0 fully saturated rings. The molecule has 0 bridgehead atoms. The molecule has 2 atom stereocenters. The first kappa shape index (κ1) is 13.4. The van der Waals surface area contributed by atoms with Gasteiger partial charge in [-0.05, 0) is 0 Å². The fourth-order valence-electron chi connectivity index (χ4n) is 2.76. The van der Waals surface area contributed by atoms with Crippen LogP contribution in [0, 0.1) is 5.92 Å². The average molecular weight is 286 g/mol. The minimum Gasteiger partial charge on any atom is -0.509 e. The molecule has 0 saturated heterocycles. The molecular weight excluding hydrogens is 272 g/mol. The molecule has 0 unspecified atom stereocenters. The van der Waals surface area contributed by atoms with Crippen molar-refractivity contribution in [1.29, 1.82) is 0 Å². The molecule has 1 aliphatic heterocycles. The number of rotatable bonds is 1. The van der Waals surface area contributed by atoms with Gasteiger partial charge in [0.15, 0.2) is 0 Å². The first-order valence-electron chi connectivity index (χ1n) is 6.55. The molecule has 6 nitrogen and oxygen atoms in total. The van der Waals surface area contributed by atoms with Crippen LogP contribution < -0.4 is 10.4 Å². The molecule has 0 radical (unpaired) electrons. The predicted molar refractivity (Wildman–Crippen MR) is 75.2 cm³/mol. The van der Waals surface area contributed by atoms with E-state index < -0.39 is 17.9 Å². The van der Waals surface area contributed by atoms with Gasteiger partial charge in [0.1, 0.15) is 17.6 Å². The van der Waals surface area contributed by atoms with Crippen LogP contribution in [-0.4, -0.2) is 34.2 Å². The molecular formula is C15H14N2O4. The van der Waals surface area contributed by atoms with Gasteiger partial charge in [0, 0.05) is 30.5 Å². The van der Waals surface area contributed by atoms with Gasteiger partial charge in [-0.3, -0.25) is 9.59 Å². The Hall–Kier alpha value is -2.63. The van der Waals surface area contributed by atoms with Crippen LogP contribution >= 0.6 is 0 Å². The smallest absolute Gasteiger partial charge is 0.307 e. The number of carbonyl (C=O) groups excluding carboxylic acids is 2. The number of benzene rings is 1. The highest BCUT2D eigenvalue weighted by molar-refractivity contribution is 5.88. The Balaban J connectivity index is 2.28. The monoisotopic (exact) mass is 286 g/mol. The van der Waals surface area contributed by atoms with Crippen LogP contribution in [0.5, 0.6) is 0 Å². The van der Waals surface area contributed by atoms with Crippen LogP contribution in [0.2, 0.25) is 0 Å². The number of hydrogen-bond acceptors (Lipinski definition) is 5. The maximum Gasteiger partial charge on any atom is 0.307 e. The van der Waals surface area contributed by atoms with Crippen molar-refractivity contribution in [3.05, 3.63) is 34.7 Å². The molecule has 1 heterocycles. The van der Waals surface area contributed by atoms with Gasteiger partial charge in [-0.15, -0.1) is 0 Å². The van der Waals surface area contributed by atoms with Crippen LogP contribution in [0.3, 0.4) is 0 Å². The summed E-state index contributed by atoms with van der Waals surface area (Å²) >= 11 is 0. The third-order valence-electron chi connectivity index (χ3n) is 3.58. The van der Waals surface area contributed by atoms with Gasteiger partial charge >= 0.3 is 5.97 Å². The van der Waals surface area contributed by atoms with Crippen molar-refractivity contribution in [2.45, 2.75) is 19.9 Å². The van der Waals surface area contributed by atoms with E-state index in [1.54, 1.807) is 24.3 Å². The van der Waals surface area contributed by atoms with E-state index in [1.807, 2.05) is 0 Å². The Morgan fingerprint density at radius 1 is 1.24 bits per heavy atom. The second-order valence-electron chi connectivity index (χ2n) is 4.99. The number of aliphatic hydroxyl groups is 1. The quantitative estimate of drug-likeness (QED) is 0.729. The molecule has 108 valence electrons. The lowest BCUT2D eigenvalue weighted by Crippen LogP contribution is -2.48. The Labute approximate surface area is 120 Å². The van der Waals surface area contributed by atoms with E-state index in [0.29, 0.717) is 16.2 Å². The number of hydrazone groups is 1. The van der Waals surface area contributed by atoms with Crippen molar-refractivity contribution in [3.63, 3.8) is 0 Å². The van der Waals surface area contributed by atoms with Crippen LogP contribution in [0.4, 0.5) is 0 Å². The summed E-state index contributed by atoms with van der Waals surface area (Å²) in [7, 11) is 0. The lowest BCUT2D eigenvalue weighted by atomic mass is 9.90. The lowest BCUT2D eigenvalue weighted by Gasteiger charge is -2.28. The van der Waals surface area contributed by atoms with Crippen molar-refractivity contribution in [3.8, 4) is 0 Å². The van der Waals surface area contributed by atoms with Gasteiger partial charge in [0.2, 0.25) is 5.91 Å². The fourth-order valence-corrected chi connectivity index (χ4v) is 2.76. The first-order valence-corrected chi connectivity index (χ1v) is 6.55. The molecule has 21 heavy (non-hydrogen) atoms. The highest BCUT2D eigenvalue weighted by Gasteiger charge is 2.42. The maximum absolute atomic E-state index is 11.7. The zero-order chi connectivity index (χ0) is 15.1. The Bertz CT molecular complexity index is 781. The van der Waals surface area contributed by atoms with E-state index in [0.717, 1.165) is 0 Å². The van der Waals surface area contributed by atoms with Gasteiger partial charge in [0.25, 0.3) is 0 Å². The maximum atomic E-state index is 11.7. The molecule has 3 rings (SSSR count). The van der Waals surface area contributed by atoms with Gasteiger partial charge in [-0.1, -0.05) is 24.3 Å². The van der Waals surface area contributed by atoms with Crippen LogP contribution in [0.15, 0.2) is 29.4 Å². The summed E-state index contributed by atoms with van der Waals surface area (Å²) in [5.41, 5.74) is 0. The number of hydrogen-bond donors (Lipinski definition) is 1. The van der Waals surface area contributed by atoms with E-state index in [1.165, 1.54) is 25.1 Å². The fraction of sp³-hybridized carbons (Fsp3) is 0.267. The topological polar surface area (TPSA) is 79.2 Å². The van der Waals surface area contributed by atoms with E-state index in [4.69, 9.17) is 4.74 Å². The summed E-state index contributed by atoms with van der Waals surface area (Å²) in [6.45, 7) is 2.69. The third-order valence-corrected chi connectivity index (χ3v) is 3.58. The van der Waals surface area contributed by atoms with E-state index in [2.05, 4.69) is 5.10 Å². The SMILES string of the molecule is CC(=O)OC1=c2ccccc2=C(O)[C@H]2[C@H]1C=NN2C(C)=O. The average Bonchev–Trinajstić information content (AvgIpc) is 2.88. The van der Waals surface area contributed by atoms with Crippen molar-refractivity contribution in [1.82, 2.24) is 5.01 Å². The van der Waals surface area contributed by atoms with Crippen LogP contribution in [0.1, 0.15) is 13.8 Å². The lowest BCUT2D eigenvalue weighted by molar-refractivity contribution is -0.134. The van der Waals surface area contributed by atoms with E-state index in [9.17, 15) is 14.7 Å². The second kappa shape index (κ2) is 4.73. The predicted octanol–water partition coefficient (Wildman–Crippen LogP) is -0.130. The summed E-state index contributed by atoms with van der Waals surface area (Å²) in [4.78, 5) is 23.0. The summed E-state index contributed by atoms with van der Waals surface area (Å²) in [6, 6.07) is 6.40. The largest absolute Gasteiger partial charge is 0.509 e. The molecule has 1 amide bonds. The van der Waals surface area contributed by atoms with Crippen molar-refractivity contribution < 1.29 is 19.4 Å². The van der Waals surface area contributed by atoms with E-state index >= 15 is 0 Å². The van der Waals surface area contributed by atoms with Crippen LogP contribution in [-0.2, 0) is 14.3 Å². The zero-order valence-corrected chi connectivity index (χ0v) is 11.6. The minimum atomic E-state index is -0.660. The van der Waals surface area contributed by atoms with Gasteiger partial charge in [-0.2, -0.15) is 5.10 Å². The van der Waals surface area contributed by atoms with Crippen molar-refractivity contribution in [2.24, 2.45) is 11.0 Å². The molecule has 0 aromatic heterocycles. The number of carbonyl (C=O) groups is 2. The molecule has 0 saturated carbocycles. The first-order chi connectivity index (χ1) is 10.0. The summed E-state index contributed by atoms with van der Waals surface area (Å²) < 4.78 is 5.33. The summed E-state index contributed by atoms with van der Waals surface area (Å²) in [5.74, 6) is -0.734. The van der Waals surface area contributed by atoms with Crippen molar-refractivity contribution >= 4 is 29.6 Å². The second-order valence-corrected chi connectivity index (χ2v) is 4.99. The highest BCUT2D eigenvalue weighted by Crippen LogP contribution is 2.31. The molecule has 6 heteroatoms. The highest BCUT2D eigenvalue weighted by atomic mass is 16.5. The molecule has 2 aliphatic rings. The number of aliphatic hydroxyl groups excluding tert-OH is 1. The molecule has 1 aromatic rings. The molecule has 1 N–H and O–H groups in total. The Kier molecular flexibility index (Phi) is 3.01. The molecule has 1 aromatic carbocycles. The zero-order valence-electron chi connectivity index (χ0n) is 11.6. The number of nitrogens with zero attached hydrogens (tertiary/aromatic N) is 2. The normalized spacial score (nSPS) is 22.9. The minimum absolute atomic E-state index is 0.0548. The number of esters is 1. The third kappa shape index (κ3) is 1.99. The number of fused-ring (bicyclic) bond motifs is 2. The summed E-state index contributed by atoms with van der Waals surface area (Å²) in [5, 5.41) is 16.9. The molecule has 1 aliphatic carbocycles. The van der Waals surface area contributed by atoms with Gasteiger partial charge < -0.3 is 9.84 Å². The van der Waals surface area contributed by atoms with Gasteiger partial charge in [0.05, 0.1) is 5.92 Å².